The third kappa shape index (κ3) is 6.69. The Balaban J connectivity index is 1.97. The average Bonchev–Trinajstić information content (AvgIpc) is 2.87. The molecule has 0 bridgehead atoms. The molecule has 6 heteroatoms. The summed E-state index contributed by atoms with van der Waals surface area (Å²) >= 11 is 0. The number of hydrogen-bond donors (Lipinski definition) is 1. The summed E-state index contributed by atoms with van der Waals surface area (Å²) in [6, 6.07) is 6.91. The van der Waals surface area contributed by atoms with Gasteiger partial charge in [-0.2, -0.15) is 0 Å². The van der Waals surface area contributed by atoms with Gasteiger partial charge < -0.3 is 19.3 Å². The predicted molar refractivity (Wildman–Crippen MR) is 113 cm³/mol. The lowest BCUT2D eigenvalue weighted by atomic mass is 9.96. The van der Waals surface area contributed by atoms with Crippen molar-refractivity contribution >= 4 is 14.0 Å². The lowest BCUT2D eigenvalue weighted by molar-refractivity contribution is -0.149. The Morgan fingerprint density at radius 1 is 1.21 bits per heavy atom. The molecule has 0 saturated carbocycles. The zero-order chi connectivity index (χ0) is 20.9. The predicted octanol–water partition coefficient (Wildman–Crippen LogP) is 4.33. The molecule has 0 radical (unpaired) electrons. The molecule has 2 atom stereocenters. The maximum atomic E-state index is 12.7. The minimum absolute atomic E-state index is 0.0484. The maximum absolute atomic E-state index is 12.7. The van der Waals surface area contributed by atoms with Crippen molar-refractivity contribution in [1.82, 2.24) is 0 Å². The van der Waals surface area contributed by atoms with E-state index in [9.17, 15) is 9.90 Å². The van der Waals surface area contributed by atoms with Crippen LogP contribution in [-0.4, -0.2) is 50.4 Å². The highest BCUT2D eigenvalue weighted by molar-refractivity contribution is 6.76. The molecule has 28 heavy (non-hydrogen) atoms. The molecule has 1 saturated heterocycles. The number of aliphatic hydroxyl groups excluding tert-OH is 1. The van der Waals surface area contributed by atoms with Gasteiger partial charge in [-0.1, -0.05) is 37.8 Å². The Bertz CT molecular complexity index is 665. The van der Waals surface area contributed by atoms with E-state index in [1.54, 1.807) is 0 Å². The second-order valence-corrected chi connectivity index (χ2v) is 15.0. The third-order valence-electron chi connectivity index (χ3n) is 5.05. The van der Waals surface area contributed by atoms with Gasteiger partial charge in [0, 0.05) is 8.07 Å². The molecule has 1 aromatic rings. The molecule has 158 valence electrons. The molecule has 5 nitrogen and oxygen atoms in total. The standard InChI is InChI=1S/C22H36O5Si/c1-16-9-7-10-17(20(16)21(24)25-13-14-28(4,5)6)11-8-12-18-19(15-23)27-22(2,3)26-18/h7,9-10,18-19,23H,8,11-15H2,1-6H3/t18-,19?/m0/s1. The molecular formula is C22H36O5Si. The highest BCUT2D eigenvalue weighted by Crippen LogP contribution is 2.31. The van der Waals surface area contributed by atoms with Crippen molar-refractivity contribution in [2.24, 2.45) is 0 Å². The first kappa shape index (κ1) is 23.1. The van der Waals surface area contributed by atoms with Crippen LogP contribution in [0.2, 0.25) is 25.7 Å². The fourth-order valence-electron chi connectivity index (χ4n) is 3.55. The smallest absolute Gasteiger partial charge is 0.338 e. The lowest BCUT2D eigenvalue weighted by Crippen LogP contribution is -2.26. The summed E-state index contributed by atoms with van der Waals surface area (Å²) in [4.78, 5) is 12.7. The van der Waals surface area contributed by atoms with E-state index in [0.717, 1.165) is 36.4 Å². The first-order valence-electron chi connectivity index (χ1n) is 10.2. The van der Waals surface area contributed by atoms with E-state index in [0.29, 0.717) is 12.2 Å². The highest BCUT2D eigenvalue weighted by Gasteiger charge is 2.40. The fraction of sp³-hybridized carbons (Fsp3) is 0.682. The van der Waals surface area contributed by atoms with Gasteiger partial charge in [0.15, 0.2) is 5.79 Å². The zero-order valence-corrected chi connectivity index (χ0v) is 19.2. The molecule has 2 rings (SSSR count). The Labute approximate surface area is 170 Å². The van der Waals surface area contributed by atoms with Gasteiger partial charge >= 0.3 is 5.97 Å². The van der Waals surface area contributed by atoms with Crippen LogP contribution in [0.25, 0.3) is 0 Å². The van der Waals surface area contributed by atoms with E-state index in [2.05, 4.69) is 19.6 Å². The summed E-state index contributed by atoms with van der Waals surface area (Å²) < 4.78 is 17.2. The molecule has 1 unspecified atom stereocenters. The second kappa shape index (κ2) is 9.52. The summed E-state index contributed by atoms with van der Waals surface area (Å²) in [7, 11) is -1.23. The van der Waals surface area contributed by atoms with Crippen LogP contribution in [0.3, 0.4) is 0 Å². The van der Waals surface area contributed by atoms with Crippen molar-refractivity contribution in [3.63, 3.8) is 0 Å². The lowest BCUT2D eigenvalue weighted by Gasteiger charge is -2.18. The van der Waals surface area contributed by atoms with Crippen LogP contribution in [0.4, 0.5) is 0 Å². The number of aliphatic hydroxyl groups is 1. The van der Waals surface area contributed by atoms with Crippen molar-refractivity contribution in [2.45, 2.75) is 83.7 Å². The molecular weight excluding hydrogens is 372 g/mol. The molecule has 1 aromatic carbocycles. The molecule has 1 fully saturated rings. The van der Waals surface area contributed by atoms with E-state index in [1.807, 2.05) is 39.0 Å². The molecule has 0 amide bonds. The summed E-state index contributed by atoms with van der Waals surface area (Å²) in [5, 5.41) is 9.51. The summed E-state index contributed by atoms with van der Waals surface area (Å²) in [5.74, 6) is -0.881. The SMILES string of the molecule is Cc1cccc(CCC[C@@H]2OC(C)(C)OC2CO)c1C(=O)OCC[Si](C)(C)C. The van der Waals surface area contributed by atoms with Crippen LogP contribution < -0.4 is 0 Å². The van der Waals surface area contributed by atoms with Crippen LogP contribution in [0.1, 0.15) is 48.2 Å². The van der Waals surface area contributed by atoms with Crippen LogP contribution in [0, 0.1) is 6.92 Å². The number of carbonyl (C=O) groups excluding carboxylic acids is 1. The van der Waals surface area contributed by atoms with Gasteiger partial charge in [-0.05, 0) is 57.2 Å². The van der Waals surface area contributed by atoms with Crippen molar-refractivity contribution in [3.05, 3.63) is 34.9 Å². The Hall–Kier alpha value is -1.21. The molecule has 1 aliphatic rings. The highest BCUT2D eigenvalue weighted by atomic mass is 28.3. The monoisotopic (exact) mass is 408 g/mol. The van der Waals surface area contributed by atoms with Gasteiger partial charge in [0.05, 0.1) is 24.9 Å². The summed E-state index contributed by atoms with van der Waals surface area (Å²) in [6.07, 6.45) is 1.96. The summed E-state index contributed by atoms with van der Waals surface area (Å²) in [5.41, 5.74) is 2.66. The molecule has 0 spiro atoms. The molecule has 0 aromatic heterocycles. The number of carbonyl (C=O) groups is 1. The second-order valence-electron chi connectivity index (χ2n) is 9.34. The van der Waals surface area contributed by atoms with Gasteiger partial charge in [0.25, 0.3) is 0 Å². The van der Waals surface area contributed by atoms with Gasteiger partial charge in [0.2, 0.25) is 0 Å². The number of hydrogen-bond acceptors (Lipinski definition) is 5. The number of rotatable bonds is 9. The number of ether oxygens (including phenoxy) is 3. The van der Waals surface area contributed by atoms with Crippen LogP contribution >= 0.6 is 0 Å². The van der Waals surface area contributed by atoms with E-state index in [4.69, 9.17) is 14.2 Å². The van der Waals surface area contributed by atoms with E-state index >= 15 is 0 Å². The first-order chi connectivity index (χ1) is 13.0. The number of aryl methyl sites for hydroxylation is 2. The van der Waals surface area contributed by atoms with Crippen molar-refractivity contribution in [2.75, 3.05) is 13.2 Å². The maximum Gasteiger partial charge on any atom is 0.338 e. The van der Waals surface area contributed by atoms with E-state index in [-0.39, 0.29) is 24.8 Å². The largest absolute Gasteiger partial charge is 0.462 e. The van der Waals surface area contributed by atoms with Gasteiger partial charge in [-0.15, -0.1) is 0 Å². The fourth-order valence-corrected chi connectivity index (χ4v) is 4.27. The normalized spacial score (nSPS) is 21.7. The molecule has 0 aliphatic carbocycles. The minimum atomic E-state index is -1.23. The topological polar surface area (TPSA) is 65.0 Å². The first-order valence-corrected chi connectivity index (χ1v) is 14.0. The Morgan fingerprint density at radius 2 is 1.89 bits per heavy atom. The van der Waals surface area contributed by atoms with E-state index in [1.165, 1.54) is 0 Å². The van der Waals surface area contributed by atoms with Gasteiger partial charge in [0.1, 0.15) is 6.10 Å². The van der Waals surface area contributed by atoms with Crippen molar-refractivity contribution in [3.8, 4) is 0 Å². The number of benzene rings is 1. The third-order valence-corrected chi connectivity index (χ3v) is 6.75. The van der Waals surface area contributed by atoms with E-state index < -0.39 is 13.9 Å². The molecule has 1 heterocycles. The zero-order valence-electron chi connectivity index (χ0n) is 18.2. The van der Waals surface area contributed by atoms with Crippen LogP contribution in [0.15, 0.2) is 18.2 Å². The van der Waals surface area contributed by atoms with Crippen LogP contribution in [0.5, 0.6) is 0 Å². The average molecular weight is 409 g/mol. The quantitative estimate of drug-likeness (QED) is 0.487. The van der Waals surface area contributed by atoms with Crippen molar-refractivity contribution < 1.29 is 24.1 Å². The van der Waals surface area contributed by atoms with Gasteiger partial charge in [-0.3, -0.25) is 0 Å². The molecule has 1 aliphatic heterocycles. The molecule has 1 N–H and O–H groups in total. The van der Waals surface area contributed by atoms with Crippen molar-refractivity contribution in [1.29, 1.82) is 0 Å². The van der Waals surface area contributed by atoms with Crippen LogP contribution in [-0.2, 0) is 20.6 Å². The Morgan fingerprint density at radius 3 is 2.54 bits per heavy atom. The minimum Gasteiger partial charge on any atom is -0.462 e. The summed E-state index contributed by atoms with van der Waals surface area (Å²) in [6.45, 7) is 12.9. The number of esters is 1. The van der Waals surface area contributed by atoms with Gasteiger partial charge in [-0.25, -0.2) is 4.79 Å². The Kier molecular flexibility index (Phi) is 7.85.